The Kier molecular flexibility index (Phi) is 6.61. The van der Waals surface area contributed by atoms with Crippen molar-refractivity contribution in [1.82, 2.24) is 15.3 Å². The SMILES string of the molecule is COC(=O)C1COCC1c1ccc2[nH]c(C(NC(=O)OC(C)(C)C)C3CCCC3)nc2c1F. The number of ether oxygens (including phenoxy) is 3. The van der Waals surface area contributed by atoms with Crippen LogP contribution in [-0.4, -0.2) is 48.0 Å². The fourth-order valence-electron chi connectivity index (χ4n) is 4.89. The first-order valence-electron chi connectivity index (χ1n) is 11.5. The van der Waals surface area contributed by atoms with Crippen molar-refractivity contribution in [2.24, 2.45) is 11.8 Å². The van der Waals surface area contributed by atoms with Gasteiger partial charge in [0.05, 0.1) is 37.8 Å². The van der Waals surface area contributed by atoms with E-state index in [1.807, 2.05) is 20.8 Å². The van der Waals surface area contributed by atoms with Crippen molar-refractivity contribution in [1.29, 1.82) is 0 Å². The highest BCUT2D eigenvalue weighted by Gasteiger charge is 2.38. The van der Waals surface area contributed by atoms with Crippen LogP contribution in [-0.2, 0) is 19.0 Å². The minimum Gasteiger partial charge on any atom is -0.469 e. The summed E-state index contributed by atoms with van der Waals surface area (Å²) in [4.78, 5) is 32.4. The molecule has 9 heteroatoms. The van der Waals surface area contributed by atoms with Gasteiger partial charge < -0.3 is 24.5 Å². The molecule has 1 saturated heterocycles. The maximum atomic E-state index is 15.6. The molecule has 3 atom stereocenters. The first kappa shape index (κ1) is 23.5. The van der Waals surface area contributed by atoms with Gasteiger partial charge >= 0.3 is 12.1 Å². The molecule has 4 rings (SSSR count). The van der Waals surface area contributed by atoms with Crippen LogP contribution in [0.25, 0.3) is 11.0 Å². The van der Waals surface area contributed by atoms with E-state index in [0.29, 0.717) is 16.9 Å². The number of benzene rings is 1. The summed E-state index contributed by atoms with van der Waals surface area (Å²) in [5.41, 5.74) is 0.477. The Labute approximate surface area is 192 Å². The van der Waals surface area contributed by atoms with Crippen molar-refractivity contribution in [3.8, 4) is 0 Å². The molecule has 3 unspecified atom stereocenters. The van der Waals surface area contributed by atoms with Crippen LogP contribution in [0.4, 0.5) is 9.18 Å². The average molecular weight is 462 g/mol. The Bertz CT molecular complexity index is 1030. The highest BCUT2D eigenvalue weighted by atomic mass is 19.1. The fourth-order valence-corrected chi connectivity index (χ4v) is 4.89. The number of methoxy groups -OCH3 is 1. The summed E-state index contributed by atoms with van der Waals surface area (Å²) in [6.07, 6.45) is 3.53. The second kappa shape index (κ2) is 9.29. The Morgan fingerprint density at radius 3 is 2.64 bits per heavy atom. The molecule has 1 saturated carbocycles. The van der Waals surface area contributed by atoms with Crippen molar-refractivity contribution in [2.45, 2.75) is 64.0 Å². The highest BCUT2D eigenvalue weighted by molar-refractivity contribution is 5.79. The molecule has 0 radical (unpaired) electrons. The number of imidazole rings is 1. The van der Waals surface area contributed by atoms with Crippen LogP contribution in [0.3, 0.4) is 0 Å². The summed E-state index contributed by atoms with van der Waals surface area (Å²) in [6.45, 7) is 5.87. The molecule has 1 amide bonds. The number of nitrogens with zero attached hydrogens (tertiary/aromatic N) is 1. The van der Waals surface area contributed by atoms with E-state index >= 15 is 4.39 Å². The number of alkyl carbamates (subject to hydrolysis) is 1. The molecule has 1 aromatic heterocycles. The molecule has 2 N–H and O–H groups in total. The Morgan fingerprint density at radius 1 is 1.24 bits per heavy atom. The molecular formula is C24H32FN3O5. The van der Waals surface area contributed by atoms with Gasteiger partial charge in [0.2, 0.25) is 0 Å². The van der Waals surface area contributed by atoms with Crippen LogP contribution in [0.15, 0.2) is 12.1 Å². The number of halogens is 1. The summed E-state index contributed by atoms with van der Waals surface area (Å²) in [5.74, 6) is -1.20. The molecule has 33 heavy (non-hydrogen) atoms. The van der Waals surface area contributed by atoms with Gasteiger partial charge in [0.25, 0.3) is 0 Å². The first-order valence-corrected chi connectivity index (χ1v) is 11.5. The second-order valence-electron chi connectivity index (χ2n) is 9.93. The van der Waals surface area contributed by atoms with Gasteiger partial charge in [0.15, 0.2) is 5.82 Å². The number of aromatic amines is 1. The first-order chi connectivity index (χ1) is 15.7. The zero-order chi connectivity index (χ0) is 23.8. The van der Waals surface area contributed by atoms with Gasteiger partial charge in [-0.2, -0.15) is 0 Å². The van der Waals surface area contributed by atoms with Crippen molar-refractivity contribution in [3.63, 3.8) is 0 Å². The topological polar surface area (TPSA) is 103 Å². The standard InChI is InChI=1S/C24H32FN3O5/c1-24(2,3)33-23(30)28-19(13-7-5-6-8-13)21-26-17-10-9-14(18(25)20(17)27-21)15-11-32-12-16(15)22(29)31-4/h9-10,13,15-16,19H,5-8,11-12H2,1-4H3,(H,26,27)(H,28,30). The van der Waals surface area contributed by atoms with Gasteiger partial charge in [0.1, 0.15) is 16.9 Å². The van der Waals surface area contributed by atoms with E-state index in [9.17, 15) is 9.59 Å². The van der Waals surface area contributed by atoms with E-state index in [2.05, 4.69) is 15.3 Å². The highest BCUT2D eigenvalue weighted by Crippen LogP contribution is 2.38. The third kappa shape index (κ3) is 4.98. The summed E-state index contributed by atoms with van der Waals surface area (Å²) in [7, 11) is 1.32. The quantitative estimate of drug-likeness (QED) is 0.642. The van der Waals surface area contributed by atoms with Gasteiger partial charge in [0, 0.05) is 5.92 Å². The molecule has 0 spiro atoms. The summed E-state index contributed by atoms with van der Waals surface area (Å²) >= 11 is 0. The number of H-pyrrole nitrogens is 1. The lowest BCUT2D eigenvalue weighted by Crippen LogP contribution is -2.37. The molecule has 8 nitrogen and oxygen atoms in total. The molecule has 0 bridgehead atoms. The van der Waals surface area contributed by atoms with E-state index in [1.54, 1.807) is 12.1 Å². The van der Waals surface area contributed by atoms with Crippen molar-refractivity contribution in [3.05, 3.63) is 29.3 Å². The summed E-state index contributed by atoms with van der Waals surface area (Å²) in [5, 5.41) is 2.95. The summed E-state index contributed by atoms with van der Waals surface area (Å²) < 4.78 is 31.4. The molecule has 2 aromatic rings. The number of esters is 1. The lowest BCUT2D eigenvalue weighted by molar-refractivity contribution is -0.145. The summed E-state index contributed by atoms with van der Waals surface area (Å²) in [6, 6.07) is 3.02. The number of rotatable bonds is 5. The maximum absolute atomic E-state index is 15.6. The number of carbonyl (C=O) groups excluding carboxylic acids is 2. The van der Waals surface area contributed by atoms with E-state index in [1.165, 1.54) is 7.11 Å². The Morgan fingerprint density at radius 2 is 1.97 bits per heavy atom. The van der Waals surface area contributed by atoms with E-state index in [4.69, 9.17) is 14.2 Å². The largest absolute Gasteiger partial charge is 0.469 e. The molecule has 180 valence electrons. The van der Waals surface area contributed by atoms with Gasteiger partial charge in [-0.25, -0.2) is 14.2 Å². The van der Waals surface area contributed by atoms with Gasteiger partial charge in [-0.1, -0.05) is 18.9 Å². The van der Waals surface area contributed by atoms with Gasteiger partial charge in [-0.15, -0.1) is 0 Å². The Hall–Kier alpha value is -2.68. The monoisotopic (exact) mass is 461 g/mol. The fraction of sp³-hybridized carbons (Fsp3) is 0.625. The maximum Gasteiger partial charge on any atom is 0.408 e. The normalized spacial score (nSPS) is 22.5. The number of nitrogens with one attached hydrogen (secondary N) is 2. The van der Waals surface area contributed by atoms with Crippen LogP contribution < -0.4 is 5.32 Å². The third-order valence-electron chi connectivity index (χ3n) is 6.46. The minimum atomic E-state index is -0.626. The van der Waals surface area contributed by atoms with Gasteiger partial charge in [-0.3, -0.25) is 4.79 Å². The number of aromatic nitrogens is 2. The number of hydrogen-bond acceptors (Lipinski definition) is 6. The van der Waals surface area contributed by atoms with Crippen LogP contribution in [0, 0.1) is 17.7 Å². The molecular weight excluding hydrogens is 429 g/mol. The van der Waals surface area contributed by atoms with Crippen LogP contribution in [0.5, 0.6) is 0 Å². The molecule has 1 aliphatic heterocycles. The zero-order valence-electron chi connectivity index (χ0n) is 19.6. The number of hydrogen-bond donors (Lipinski definition) is 2. The van der Waals surface area contributed by atoms with Crippen LogP contribution >= 0.6 is 0 Å². The van der Waals surface area contributed by atoms with E-state index in [0.717, 1.165) is 25.7 Å². The van der Waals surface area contributed by atoms with Crippen molar-refractivity contribution < 1.29 is 28.2 Å². The van der Waals surface area contributed by atoms with Crippen LogP contribution in [0.1, 0.15) is 69.8 Å². The molecule has 1 aliphatic carbocycles. The predicted molar refractivity (Wildman–Crippen MR) is 119 cm³/mol. The lowest BCUT2D eigenvalue weighted by atomic mass is 9.88. The molecule has 2 aliphatic rings. The number of amides is 1. The smallest absolute Gasteiger partial charge is 0.408 e. The van der Waals surface area contributed by atoms with Crippen molar-refractivity contribution in [2.75, 3.05) is 20.3 Å². The van der Waals surface area contributed by atoms with Crippen molar-refractivity contribution >= 4 is 23.1 Å². The van der Waals surface area contributed by atoms with E-state index in [-0.39, 0.29) is 24.6 Å². The molecule has 2 heterocycles. The van der Waals surface area contributed by atoms with Crippen LogP contribution in [0.2, 0.25) is 0 Å². The minimum absolute atomic E-state index is 0.187. The third-order valence-corrected chi connectivity index (χ3v) is 6.46. The average Bonchev–Trinajstić information content (AvgIpc) is 3.50. The van der Waals surface area contributed by atoms with E-state index < -0.39 is 41.4 Å². The number of carbonyl (C=O) groups is 2. The second-order valence-corrected chi connectivity index (χ2v) is 9.93. The molecule has 2 fully saturated rings. The number of fused-ring (bicyclic) bond motifs is 1. The molecule has 1 aromatic carbocycles. The lowest BCUT2D eigenvalue weighted by Gasteiger charge is -2.26. The Balaban J connectivity index is 1.66. The van der Waals surface area contributed by atoms with Gasteiger partial charge in [-0.05, 0) is 51.2 Å². The predicted octanol–water partition coefficient (Wildman–Crippen LogP) is 4.36. The zero-order valence-corrected chi connectivity index (χ0v) is 19.6.